The van der Waals surface area contributed by atoms with Gasteiger partial charge in [-0.05, 0) is 48.8 Å². The Bertz CT molecular complexity index is 657. The lowest BCUT2D eigenvalue weighted by Gasteiger charge is -2.13. The molecule has 1 aromatic heterocycles. The molecule has 1 N–H and O–H groups in total. The molecule has 0 aliphatic carbocycles. The van der Waals surface area contributed by atoms with Gasteiger partial charge in [-0.3, -0.25) is 4.79 Å². The van der Waals surface area contributed by atoms with Crippen LogP contribution in [0.15, 0.2) is 22.7 Å². The molecule has 0 bridgehead atoms. The van der Waals surface area contributed by atoms with Crippen LogP contribution in [0.3, 0.4) is 0 Å². The van der Waals surface area contributed by atoms with Crippen molar-refractivity contribution in [2.45, 2.75) is 26.8 Å². The third kappa shape index (κ3) is 3.07. The lowest BCUT2D eigenvalue weighted by atomic mass is 10.1. The largest absolute Gasteiger partial charge is 0.345 e. The van der Waals surface area contributed by atoms with E-state index in [2.05, 4.69) is 26.2 Å². The van der Waals surface area contributed by atoms with Crippen LogP contribution in [0, 0.1) is 19.7 Å². The number of rotatable bonds is 3. The standard InChI is InChI=1S/C14H14BrFN2OS/c1-7-13(20-9(3)17-7)8(2)18-14(19)10-5-4-6-11(15)12(10)16/h4-6,8H,1-3H3,(H,18,19). The van der Waals surface area contributed by atoms with Crippen LogP contribution in [0.2, 0.25) is 0 Å². The smallest absolute Gasteiger partial charge is 0.254 e. The summed E-state index contributed by atoms with van der Waals surface area (Å²) >= 11 is 4.62. The minimum atomic E-state index is -0.547. The van der Waals surface area contributed by atoms with Crippen LogP contribution >= 0.6 is 27.3 Å². The zero-order chi connectivity index (χ0) is 14.9. The topological polar surface area (TPSA) is 42.0 Å². The summed E-state index contributed by atoms with van der Waals surface area (Å²) in [6.45, 7) is 5.69. The van der Waals surface area contributed by atoms with Gasteiger partial charge in [0.25, 0.3) is 5.91 Å². The molecule has 2 aromatic rings. The molecule has 1 atom stereocenters. The van der Waals surface area contributed by atoms with Crippen LogP contribution in [0.4, 0.5) is 4.39 Å². The summed E-state index contributed by atoms with van der Waals surface area (Å²) in [7, 11) is 0. The van der Waals surface area contributed by atoms with Crippen molar-refractivity contribution in [2.24, 2.45) is 0 Å². The zero-order valence-electron chi connectivity index (χ0n) is 11.3. The van der Waals surface area contributed by atoms with Crippen molar-refractivity contribution in [2.75, 3.05) is 0 Å². The fraction of sp³-hybridized carbons (Fsp3) is 0.286. The summed E-state index contributed by atoms with van der Waals surface area (Å²) in [6, 6.07) is 4.46. The van der Waals surface area contributed by atoms with Crippen LogP contribution in [-0.4, -0.2) is 10.9 Å². The second-order valence-corrected chi connectivity index (χ2v) is 6.57. The Morgan fingerprint density at radius 2 is 2.15 bits per heavy atom. The number of benzene rings is 1. The molecule has 0 aliphatic heterocycles. The molecule has 1 aromatic carbocycles. The number of hydrogen-bond donors (Lipinski definition) is 1. The highest BCUT2D eigenvalue weighted by Crippen LogP contribution is 2.25. The van der Waals surface area contributed by atoms with Gasteiger partial charge >= 0.3 is 0 Å². The quantitative estimate of drug-likeness (QED) is 0.897. The average Bonchev–Trinajstić information content (AvgIpc) is 2.71. The number of carbonyl (C=O) groups is 1. The Morgan fingerprint density at radius 1 is 1.45 bits per heavy atom. The van der Waals surface area contributed by atoms with Crippen molar-refractivity contribution in [1.82, 2.24) is 10.3 Å². The van der Waals surface area contributed by atoms with Crippen LogP contribution in [0.25, 0.3) is 0 Å². The highest BCUT2D eigenvalue weighted by atomic mass is 79.9. The second-order valence-electron chi connectivity index (χ2n) is 4.48. The van der Waals surface area contributed by atoms with Crippen LogP contribution in [-0.2, 0) is 0 Å². The van der Waals surface area contributed by atoms with E-state index in [1.807, 2.05) is 20.8 Å². The summed E-state index contributed by atoms with van der Waals surface area (Å²) in [6.07, 6.45) is 0. The van der Waals surface area contributed by atoms with E-state index in [0.29, 0.717) is 0 Å². The van der Waals surface area contributed by atoms with E-state index in [1.54, 1.807) is 12.1 Å². The number of nitrogens with one attached hydrogen (secondary N) is 1. The summed E-state index contributed by atoms with van der Waals surface area (Å²) < 4.78 is 14.2. The molecule has 1 unspecified atom stereocenters. The van der Waals surface area contributed by atoms with Crippen molar-refractivity contribution in [1.29, 1.82) is 0 Å². The number of aryl methyl sites for hydroxylation is 2. The first-order valence-corrected chi connectivity index (χ1v) is 7.70. The van der Waals surface area contributed by atoms with Gasteiger partial charge in [0.1, 0.15) is 5.82 Å². The first-order chi connectivity index (χ1) is 9.40. The molecule has 3 nitrogen and oxygen atoms in total. The fourth-order valence-electron chi connectivity index (χ4n) is 1.97. The number of nitrogens with zero attached hydrogens (tertiary/aromatic N) is 1. The molecule has 106 valence electrons. The van der Waals surface area contributed by atoms with Gasteiger partial charge in [0.15, 0.2) is 0 Å². The van der Waals surface area contributed by atoms with Crippen LogP contribution < -0.4 is 5.32 Å². The van der Waals surface area contributed by atoms with Crippen molar-refractivity contribution >= 4 is 33.2 Å². The van der Waals surface area contributed by atoms with Crippen molar-refractivity contribution in [3.05, 3.63) is 49.6 Å². The van der Waals surface area contributed by atoms with Gasteiger partial charge in [-0.25, -0.2) is 9.37 Å². The molecule has 20 heavy (non-hydrogen) atoms. The van der Waals surface area contributed by atoms with Gasteiger partial charge in [0, 0.05) is 4.88 Å². The Labute approximate surface area is 129 Å². The normalized spacial score (nSPS) is 12.2. The van der Waals surface area contributed by atoms with E-state index in [0.717, 1.165) is 15.6 Å². The molecule has 1 heterocycles. The van der Waals surface area contributed by atoms with Gasteiger partial charge in [-0.15, -0.1) is 11.3 Å². The average molecular weight is 357 g/mol. The van der Waals surface area contributed by atoms with Gasteiger partial charge < -0.3 is 5.32 Å². The lowest BCUT2D eigenvalue weighted by molar-refractivity contribution is 0.0936. The highest BCUT2D eigenvalue weighted by Gasteiger charge is 2.19. The Balaban J connectivity index is 2.19. The zero-order valence-corrected chi connectivity index (χ0v) is 13.7. The molecular weight excluding hydrogens is 343 g/mol. The summed E-state index contributed by atoms with van der Waals surface area (Å²) in [5, 5.41) is 3.76. The van der Waals surface area contributed by atoms with Gasteiger partial charge in [-0.1, -0.05) is 6.07 Å². The summed E-state index contributed by atoms with van der Waals surface area (Å²) in [5.41, 5.74) is 0.931. The van der Waals surface area contributed by atoms with E-state index in [9.17, 15) is 9.18 Å². The highest BCUT2D eigenvalue weighted by molar-refractivity contribution is 9.10. The number of amides is 1. The van der Waals surface area contributed by atoms with Crippen molar-refractivity contribution in [3.8, 4) is 0 Å². The molecule has 0 radical (unpaired) electrons. The number of halogens is 2. The third-order valence-corrected chi connectivity index (χ3v) is 4.74. The van der Waals surface area contributed by atoms with Gasteiger partial charge in [0.2, 0.25) is 0 Å². The van der Waals surface area contributed by atoms with Gasteiger partial charge in [0.05, 0.1) is 26.8 Å². The first-order valence-electron chi connectivity index (χ1n) is 6.09. The molecule has 0 fully saturated rings. The van der Waals surface area contributed by atoms with Crippen LogP contribution in [0.1, 0.15) is 38.9 Å². The van der Waals surface area contributed by atoms with Crippen LogP contribution in [0.5, 0.6) is 0 Å². The Hall–Kier alpha value is -1.27. The Morgan fingerprint density at radius 3 is 2.75 bits per heavy atom. The lowest BCUT2D eigenvalue weighted by Crippen LogP contribution is -2.27. The SMILES string of the molecule is Cc1nc(C)c(C(C)NC(=O)c2cccc(Br)c2F)s1. The minimum absolute atomic E-state index is 0.0325. The third-order valence-electron chi connectivity index (χ3n) is 2.88. The Kier molecular flexibility index (Phi) is 4.55. The molecule has 2 rings (SSSR count). The predicted molar refractivity (Wildman–Crippen MR) is 81.6 cm³/mol. The van der Waals surface area contributed by atoms with E-state index in [4.69, 9.17) is 0 Å². The monoisotopic (exact) mass is 356 g/mol. The number of hydrogen-bond acceptors (Lipinski definition) is 3. The predicted octanol–water partition coefficient (Wildman–Crippen LogP) is 4.15. The fourth-order valence-corrected chi connectivity index (χ4v) is 3.26. The van der Waals surface area contributed by atoms with Crippen molar-refractivity contribution < 1.29 is 9.18 Å². The molecule has 0 spiro atoms. The van der Waals surface area contributed by atoms with Crippen molar-refractivity contribution in [3.63, 3.8) is 0 Å². The maximum atomic E-state index is 13.9. The number of carbonyl (C=O) groups excluding carboxylic acids is 1. The number of aromatic nitrogens is 1. The minimum Gasteiger partial charge on any atom is -0.345 e. The van der Waals surface area contributed by atoms with E-state index in [1.165, 1.54) is 17.4 Å². The van der Waals surface area contributed by atoms with E-state index >= 15 is 0 Å². The maximum Gasteiger partial charge on any atom is 0.254 e. The summed E-state index contributed by atoms with van der Waals surface area (Å²) in [4.78, 5) is 17.5. The molecule has 6 heteroatoms. The van der Waals surface area contributed by atoms with E-state index < -0.39 is 11.7 Å². The van der Waals surface area contributed by atoms with E-state index in [-0.39, 0.29) is 16.1 Å². The van der Waals surface area contributed by atoms with Gasteiger partial charge in [-0.2, -0.15) is 0 Å². The molecular formula is C14H14BrFN2OS. The molecule has 0 aliphatic rings. The second kappa shape index (κ2) is 6.01. The molecule has 1 amide bonds. The molecule has 0 saturated heterocycles. The summed E-state index contributed by atoms with van der Waals surface area (Å²) in [5.74, 6) is -0.976. The molecule has 0 saturated carbocycles. The maximum absolute atomic E-state index is 13.9. The first kappa shape index (κ1) is 15.1. The number of thiazole rings is 1.